The molecule has 0 saturated heterocycles. The van der Waals surface area contributed by atoms with Crippen LogP contribution in [0.5, 0.6) is 34.5 Å². The van der Waals surface area contributed by atoms with Crippen molar-refractivity contribution >= 4 is 49.8 Å². The first-order chi connectivity index (χ1) is 17.2. The van der Waals surface area contributed by atoms with Crippen LogP contribution in [0.25, 0.3) is 10.9 Å². The molecule has 1 heterocycles. The van der Waals surface area contributed by atoms with Gasteiger partial charge in [-0.05, 0) is 36.4 Å². The van der Waals surface area contributed by atoms with Crippen molar-refractivity contribution < 1.29 is 32.5 Å². The fraction of sp³-hybridized carbons (Fsp3) is 0.125. The molecule has 0 radical (unpaired) electrons. The predicted octanol–water partition coefficient (Wildman–Crippen LogP) is 5.87. The van der Waals surface area contributed by atoms with Gasteiger partial charge in [-0.2, -0.15) is 0 Å². The highest BCUT2D eigenvalue weighted by Crippen LogP contribution is 2.40. The maximum Gasteiger partial charge on any atom is 0.265 e. The molecule has 4 aromatic rings. The molecule has 3 aromatic carbocycles. The summed E-state index contributed by atoms with van der Waals surface area (Å²) in [6.45, 7) is 0. The number of rotatable bonds is 8. The fourth-order valence-corrected chi connectivity index (χ4v) is 5.24. The predicted molar refractivity (Wildman–Crippen MR) is 137 cm³/mol. The lowest BCUT2D eigenvalue weighted by atomic mass is 10.1. The number of sulfonamides is 1. The van der Waals surface area contributed by atoms with Gasteiger partial charge in [0.15, 0.2) is 28.7 Å². The average Bonchev–Trinajstić information content (AvgIpc) is 2.86. The number of hydrogen-bond acceptors (Lipinski definition) is 8. The molecule has 0 aliphatic rings. The lowest BCUT2D eigenvalue weighted by Gasteiger charge is -2.15. The van der Waals surface area contributed by atoms with Crippen LogP contribution in [0.15, 0.2) is 59.6 Å². The molecular weight excluding hydrogens is 531 g/mol. The topological polar surface area (TPSA) is 116 Å². The third kappa shape index (κ3) is 5.01. The molecule has 12 heteroatoms. The van der Waals surface area contributed by atoms with Gasteiger partial charge in [-0.25, -0.2) is 8.42 Å². The number of ether oxygens (including phenoxy) is 4. The first kappa shape index (κ1) is 25.5. The number of nitrogens with zero attached hydrogens (tertiary/aromatic N) is 1. The van der Waals surface area contributed by atoms with Crippen molar-refractivity contribution in [2.75, 3.05) is 26.1 Å². The Kier molecular flexibility index (Phi) is 7.21. The van der Waals surface area contributed by atoms with Crippen molar-refractivity contribution in [1.82, 2.24) is 4.98 Å². The molecule has 0 spiro atoms. The van der Waals surface area contributed by atoms with E-state index in [9.17, 15) is 13.5 Å². The number of fused-ring (bicyclic) bond motifs is 1. The number of benzene rings is 3. The molecule has 4 rings (SSSR count). The average molecular weight is 551 g/mol. The Bertz CT molecular complexity index is 1560. The molecule has 2 N–H and O–H groups in total. The summed E-state index contributed by atoms with van der Waals surface area (Å²) in [5.41, 5.74) is 0.772. The Labute approximate surface area is 217 Å². The monoisotopic (exact) mass is 550 g/mol. The number of halogens is 2. The van der Waals surface area contributed by atoms with E-state index in [1.165, 1.54) is 45.6 Å². The van der Waals surface area contributed by atoms with Gasteiger partial charge in [0.05, 0.1) is 37.6 Å². The van der Waals surface area contributed by atoms with Crippen molar-refractivity contribution in [3.8, 4) is 34.5 Å². The lowest BCUT2D eigenvalue weighted by Crippen LogP contribution is -2.13. The highest BCUT2D eigenvalue weighted by molar-refractivity contribution is 7.92. The van der Waals surface area contributed by atoms with Crippen LogP contribution >= 0.6 is 23.2 Å². The van der Waals surface area contributed by atoms with Gasteiger partial charge >= 0.3 is 0 Å². The second-order valence-corrected chi connectivity index (χ2v) is 9.84. The molecule has 0 aliphatic carbocycles. The number of pyridine rings is 1. The Morgan fingerprint density at radius 1 is 0.833 bits per heavy atom. The third-order valence-electron chi connectivity index (χ3n) is 5.13. The summed E-state index contributed by atoms with van der Waals surface area (Å²) >= 11 is 11.8. The molecule has 0 amide bonds. The molecule has 0 atom stereocenters. The molecule has 0 fully saturated rings. The van der Waals surface area contributed by atoms with Crippen LogP contribution in [0.3, 0.4) is 0 Å². The number of hydrogen-bond donors (Lipinski definition) is 2. The number of anilines is 1. The van der Waals surface area contributed by atoms with Crippen molar-refractivity contribution in [1.29, 1.82) is 0 Å². The molecule has 0 bridgehead atoms. The molecule has 0 unspecified atom stereocenters. The Morgan fingerprint density at radius 2 is 1.50 bits per heavy atom. The van der Waals surface area contributed by atoms with Crippen LogP contribution in [0.4, 0.5) is 5.69 Å². The smallest absolute Gasteiger partial charge is 0.265 e. The maximum absolute atomic E-state index is 12.9. The minimum atomic E-state index is -4.23. The van der Waals surface area contributed by atoms with Gasteiger partial charge < -0.3 is 24.1 Å². The second-order valence-electron chi connectivity index (χ2n) is 7.34. The molecule has 0 aliphatic heterocycles. The van der Waals surface area contributed by atoms with E-state index in [1.54, 1.807) is 24.4 Å². The fourth-order valence-electron chi connectivity index (χ4n) is 3.43. The second kappa shape index (κ2) is 10.2. The van der Waals surface area contributed by atoms with Crippen molar-refractivity contribution in [2.24, 2.45) is 0 Å². The van der Waals surface area contributed by atoms with Crippen LogP contribution in [0, 0.1) is 0 Å². The molecular formula is C24H20Cl2N2O7S. The van der Waals surface area contributed by atoms with E-state index < -0.39 is 20.7 Å². The normalized spacial score (nSPS) is 11.2. The van der Waals surface area contributed by atoms with Gasteiger partial charge in [0.1, 0.15) is 10.6 Å². The van der Waals surface area contributed by atoms with Gasteiger partial charge in [0.25, 0.3) is 10.0 Å². The van der Waals surface area contributed by atoms with Crippen molar-refractivity contribution in [3.05, 3.63) is 64.8 Å². The van der Waals surface area contributed by atoms with Crippen LogP contribution in [-0.4, -0.2) is 39.8 Å². The van der Waals surface area contributed by atoms with Crippen molar-refractivity contribution in [3.63, 3.8) is 0 Å². The summed E-state index contributed by atoms with van der Waals surface area (Å²) in [7, 11) is 0.253. The summed E-state index contributed by atoms with van der Waals surface area (Å²) < 4.78 is 50.3. The van der Waals surface area contributed by atoms with E-state index in [-0.39, 0.29) is 21.5 Å². The first-order valence-electron chi connectivity index (χ1n) is 10.2. The van der Waals surface area contributed by atoms with Crippen molar-refractivity contribution in [2.45, 2.75) is 4.90 Å². The van der Waals surface area contributed by atoms with Crippen LogP contribution < -0.4 is 23.7 Å². The SMILES string of the molecule is COc1cc2nccc(Oc3ccc(NS(=O)(=O)c4cc(Cl)cc(Cl)c4O)cc3OC)c2cc1OC. The molecule has 9 nitrogen and oxygen atoms in total. The van der Waals surface area contributed by atoms with E-state index >= 15 is 0 Å². The number of aromatic nitrogens is 1. The minimum absolute atomic E-state index is 0.0540. The highest BCUT2D eigenvalue weighted by atomic mass is 35.5. The van der Waals surface area contributed by atoms with Crippen LogP contribution in [0.2, 0.25) is 10.0 Å². The summed E-state index contributed by atoms with van der Waals surface area (Å²) in [5.74, 6) is 1.44. The zero-order valence-corrected chi connectivity index (χ0v) is 21.5. The summed E-state index contributed by atoms with van der Waals surface area (Å²) in [6.07, 6.45) is 1.58. The maximum atomic E-state index is 12.9. The van der Waals surface area contributed by atoms with E-state index in [2.05, 4.69) is 9.71 Å². The Balaban J connectivity index is 1.67. The standard InChI is InChI=1S/C24H20Cl2N2O7S/c1-32-20-10-14(28-36(30,31)23-9-13(25)8-16(26)24(23)29)4-5-19(20)35-18-6-7-27-17-12-22(34-3)21(33-2)11-15(17)18/h4-12,28-29H,1-3H3. The zero-order valence-electron chi connectivity index (χ0n) is 19.2. The van der Waals surface area contributed by atoms with Gasteiger partial charge in [0.2, 0.25) is 0 Å². The van der Waals surface area contributed by atoms with E-state index in [0.717, 1.165) is 6.07 Å². The van der Waals surface area contributed by atoms with Crippen LogP contribution in [0.1, 0.15) is 0 Å². The molecule has 1 aromatic heterocycles. The number of phenolic OH excluding ortho intramolecular Hbond substituents is 1. The highest BCUT2D eigenvalue weighted by Gasteiger charge is 2.23. The summed E-state index contributed by atoms with van der Waals surface area (Å²) in [6, 6.07) is 11.9. The van der Waals surface area contributed by atoms with E-state index in [0.29, 0.717) is 33.9 Å². The third-order valence-corrected chi connectivity index (χ3v) is 7.03. The van der Waals surface area contributed by atoms with Gasteiger partial charge in [-0.1, -0.05) is 23.2 Å². The Hall–Kier alpha value is -3.60. The largest absolute Gasteiger partial charge is 0.505 e. The zero-order chi connectivity index (χ0) is 26.0. The molecule has 188 valence electrons. The number of methoxy groups -OCH3 is 3. The summed E-state index contributed by atoms with van der Waals surface area (Å²) in [4.78, 5) is 3.88. The van der Waals surface area contributed by atoms with Crippen LogP contribution in [-0.2, 0) is 10.0 Å². The van der Waals surface area contributed by atoms with Gasteiger partial charge in [-0.3, -0.25) is 9.71 Å². The quantitative estimate of drug-likeness (QED) is 0.280. The Morgan fingerprint density at radius 3 is 2.19 bits per heavy atom. The number of nitrogens with one attached hydrogen (secondary N) is 1. The number of aromatic hydroxyl groups is 1. The van der Waals surface area contributed by atoms with Gasteiger partial charge in [0, 0.05) is 28.7 Å². The molecule has 0 saturated carbocycles. The first-order valence-corrected chi connectivity index (χ1v) is 12.5. The van der Waals surface area contributed by atoms with E-state index in [1.807, 2.05) is 0 Å². The lowest BCUT2D eigenvalue weighted by molar-refractivity contribution is 0.355. The molecule has 36 heavy (non-hydrogen) atoms. The minimum Gasteiger partial charge on any atom is -0.505 e. The van der Waals surface area contributed by atoms with Gasteiger partial charge in [-0.15, -0.1) is 0 Å². The summed E-state index contributed by atoms with van der Waals surface area (Å²) in [5, 5.41) is 10.6. The van der Waals surface area contributed by atoms with E-state index in [4.69, 9.17) is 42.1 Å². The number of phenols is 1.